The van der Waals surface area contributed by atoms with E-state index >= 15 is 0 Å². The zero-order valence-electron chi connectivity index (χ0n) is 13.1. The number of carboxylic acid groups (broad SMARTS) is 1. The van der Waals surface area contributed by atoms with Crippen LogP contribution < -0.4 is 0 Å². The lowest BCUT2D eigenvalue weighted by atomic mass is 10.0. The minimum absolute atomic E-state index is 0.452. The summed E-state index contributed by atoms with van der Waals surface area (Å²) in [5, 5.41) is 8.93. The van der Waals surface area contributed by atoms with Gasteiger partial charge in [-0.3, -0.25) is 0 Å². The molecule has 0 spiro atoms. The van der Waals surface area contributed by atoms with Crippen LogP contribution in [0, 0.1) is 0 Å². The van der Waals surface area contributed by atoms with E-state index in [4.69, 9.17) is 5.11 Å². The third-order valence-corrected chi connectivity index (χ3v) is 3.73. The fraction of sp³-hybridized carbons (Fsp3) is 0.706. The third-order valence-electron chi connectivity index (χ3n) is 3.73. The van der Waals surface area contributed by atoms with Gasteiger partial charge in [-0.05, 0) is 39.2 Å². The minimum atomic E-state index is -0.818. The van der Waals surface area contributed by atoms with Crippen molar-refractivity contribution in [2.45, 2.75) is 79.1 Å². The highest BCUT2D eigenvalue weighted by Gasteiger charge is 2.05. The lowest BCUT2D eigenvalue weighted by Crippen LogP contribution is -2.00. The maximum absolute atomic E-state index is 10.9. The van der Waals surface area contributed by atoms with E-state index in [2.05, 4.69) is 13.0 Å². The predicted molar refractivity (Wildman–Crippen MR) is 82.4 cm³/mol. The number of unbranched alkanes of at least 4 members (excludes halogenated alkanes) is 7. The van der Waals surface area contributed by atoms with Crippen molar-refractivity contribution in [3.63, 3.8) is 0 Å². The van der Waals surface area contributed by atoms with Gasteiger partial charge < -0.3 is 5.11 Å². The smallest absolute Gasteiger partial charge is 0.331 e. The fourth-order valence-corrected chi connectivity index (χ4v) is 2.03. The first-order chi connectivity index (χ1) is 9.00. The number of rotatable bonds is 10. The van der Waals surface area contributed by atoms with E-state index in [1.54, 1.807) is 6.92 Å². The number of allylic oxidation sites excluding steroid dienone is 3. The maximum Gasteiger partial charge on any atom is 0.331 e. The predicted octanol–water partition coefficient (Wildman–Crippen LogP) is 5.49. The van der Waals surface area contributed by atoms with Crippen LogP contribution in [0.5, 0.6) is 0 Å². The molecular weight excluding hydrogens is 236 g/mol. The molecular formula is C17H30O2. The molecule has 0 aromatic rings. The highest BCUT2D eigenvalue weighted by molar-refractivity contribution is 5.87. The van der Waals surface area contributed by atoms with Crippen molar-refractivity contribution in [1.82, 2.24) is 0 Å². The molecule has 0 saturated heterocycles. The van der Waals surface area contributed by atoms with Crippen LogP contribution in [0.3, 0.4) is 0 Å². The molecule has 19 heavy (non-hydrogen) atoms. The monoisotopic (exact) mass is 266 g/mol. The maximum atomic E-state index is 10.9. The molecule has 1 N–H and O–H groups in total. The summed E-state index contributed by atoms with van der Waals surface area (Å²) < 4.78 is 0. The summed E-state index contributed by atoms with van der Waals surface area (Å²) >= 11 is 0. The summed E-state index contributed by atoms with van der Waals surface area (Å²) in [5.41, 5.74) is 2.45. The number of carbonyl (C=O) groups is 1. The molecule has 0 rings (SSSR count). The Labute approximate surface area is 118 Å². The average Bonchev–Trinajstić information content (AvgIpc) is 2.39. The summed E-state index contributed by atoms with van der Waals surface area (Å²) in [6.45, 7) is 7.80. The van der Waals surface area contributed by atoms with Crippen molar-refractivity contribution in [2.75, 3.05) is 0 Å². The van der Waals surface area contributed by atoms with Crippen LogP contribution in [0.4, 0.5) is 0 Å². The SMILES string of the molecule is CCCCCCCCC/C=C(C)/C(C)=C(\C)C(=O)O. The second kappa shape index (κ2) is 10.8. The lowest BCUT2D eigenvalue weighted by Gasteiger charge is -2.05. The van der Waals surface area contributed by atoms with Gasteiger partial charge in [-0.1, -0.05) is 57.1 Å². The van der Waals surface area contributed by atoms with E-state index in [0.29, 0.717) is 5.57 Å². The molecule has 0 bridgehead atoms. The van der Waals surface area contributed by atoms with Gasteiger partial charge in [-0.25, -0.2) is 4.79 Å². The standard InChI is InChI=1S/C17H30O2/c1-5-6-7-8-9-10-11-12-13-14(2)15(3)16(4)17(18)19/h13H,5-12H2,1-4H3,(H,18,19)/b14-13+,16-15+. The first kappa shape index (κ1) is 17.9. The molecule has 2 nitrogen and oxygen atoms in total. The number of aliphatic carboxylic acids is 1. The number of hydrogen-bond donors (Lipinski definition) is 1. The molecule has 0 heterocycles. The molecule has 0 aliphatic heterocycles. The molecule has 0 aliphatic rings. The Morgan fingerprint density at radius 1 is 0.895 bits per heavy atom. The molecule has 0 aliphatic carbocycles. The van der Waals surface area contributed by atoms with E-state index < -0.39 is 5.97 Å². The van der Waals surface area contributed by atoms with Gasteiger partial charge in [0.2, 0.25) is 0 Å². The quantitative estimate of drug-likeness (QED) is 0.322. The number of hydrogen-bond acceptors (Lipinski definition) is 1. The van der Waals surface area contributed by atoms with Crippen LogP contribution in [-0.4, -0.2) is 11.1 Å². The van der Waals surface area contributed by atoms with E-state index in [1.165, 1.54) is 44.9 Å². The van der Waals surface area contributed by atoms with Gasteiger partial charge in [0.05, 0.1) is 0 Å². The summed E-state index contributed by atoms with van der Waals surface area (Å²) in [4.78, 5) is 10.9. The Hall–Kier alpha value is -1.05. The van der Waals surface area contributed by atoms with Gasteiger partial charge in [-0.2, -0.15) is 0 Å². The lowest BCUT2D eigenvalue weighted by molar-refractivity contribution is -0.132. The van der Waals surface area contributed by atoms with E-state index in [9.17, 15) is 4.79 Å². The van der Waals surface area contributed by atoms with Crippen molar-refractivity contribution in [1.29, 1.82) is 0 Å². The molecule has 110 valence electrons. The Kier molecular flexibility index (Phi) is 10.2. The molecule has 0 amide bonds. The fourth-order valence-electron chi connectivity index (χ4n) is 2.03. The summed E-state index contributed by atoms with van der Waals surface area (Å²) in [6.07, 6.45) is 12.4. The van der Waals surface area contributed by atoms with Crippen LogP contribution >= 0.6 is 0 Å². The Bertz CT molecular complexity index is 324. The Balaban J connectivity index is 3.88. The summed E-state index contributed by atoms with van der Waals surface area (Å²) in [7, 11) is 0. The molecule has 2 heteroatoms. The van der Waals surface area contributed by atoms with Crippen molar-refractivity contribution >= 4 is 5.97 Å². The van der Waals surface area contributed by atoms with Crippen LogP contribution in [0.25, 0.3) is 0 Å². The summed E-state index contributed by atoms with van der Waals surface area (Å²) in [5.74, 6) is -0.818. The molecule has 0 aromatic carbocycles. The molecule has 0 unspecified atom stereocenters. The zero-order valence-corrected chi connectivity index (χ0v) is 13.1. The second-order valence-corrected chi connectivity index (χ2v) is 5.35. The van der Waals surface area contributed by atoms with Crippen molar-refractivity contribution < 1.29 is 9.90 Å². The van der Waals surface area contributed by atoms with Crippen LogP contribution in [0.2, 0.25) is 0 Å². The Morgan fingerprint density at radius 2 is 1.42 bits per heavy atom. The Morgan fingerprint density at radius 3 is 1.95 bits per heavy atom. The van der Waals surface area contributed by atoms with Gasteiger partial charge in [0.1, 0.15) is 0 Å². The zero-order chi connectivity index (χ0) is 14.7. The first-order valence-electron chi connectivity index (χ1n) is 7.58. The first-order valence-corrected chi connectivity index (χ1v) is 7.58. The van der Waals surface area contributed by atoms with Gasteiger partial charge in [0.25, 0.3) is 0 Å². The minimum Gasteiger partial charge on any atom is -0.478 e. The largest absolute Gasteiger partial charge is 0.478 e. The van der Waals surface area contributed by atoms with E-state index in [-0.39, 0.29) is 0 Å². The number of carboxylic acids is 1. The highest BCUT2D eigenvalue weighted by Crippen LogP contribution is 2.16. The molecule has 0 fully saturated rings. The van der Waals surface area contributed by atoms with Crippen LogP contribution in [0.15, 0.2) is 22.8 Å². The normalized spacial score (nSPS) is 13.4. The topological polar surface area (TPSA) is 37.3 Å². The second-order valence-electron chi connectivity index (χ2n) is 5.35. The van der Waals surface area contributed by atoms with Crippen molar-refractivity contribution in [3.05, 3.63) is 22.8 Å². The third kappa shape index (κ3) is 8.63. The van der Waals surface area contributed by atoms with E-state index in [0.717, 1.165) is 17.6 Å². The van der Waals surface area contributed by atoms with Crippen molar-refractivity contribution in [3.8, 4) is 0 Å². The highest BCUT2D eigenvalue weighted by atomic mass is 16.4. The van der Waals surface area contributed by atoms with Gasteiger partial charge in [0.15, 0.2) is 0 Å². The van der Waals surface area contributed by atoms with E-state index in [1.807, 2.05) is 13.8 Å². The van der Waals surface area contributed by atoms with Crippen molar-refractivity contribution in [2.24, 2.45) is 0 Å². The van der Waals surface area contributed by atoms with Crippen LogP contribution in [-0.2, 0) is 4.79 Å². The van der Waals surface area contributed by atoms with Crippen LogP contribution in [0.1, 0.15) is 79.1 Å². The molecule has 0 atom stereocenters. The van der Waals surface area contributed by atoms with Gasteiger partial charge in [-0.15, -0.1) is 0 Å². The van der Waals surface area contributed by atoms with Gasteiger partial charge >= 0.3 is 5.97 Å². The average molecular weight is 266 g/mol. The van der Waals surface area contributed by atoms with Gasteiger partial charge in [0, 0.05) is 5.57 Å². The molecule has 0 radical (unpaired) electrons. The molecule has 0 saturated carbocycles. The summed E-state index contributed by atoms with van der Waals surface area (Å²) in [6, 6.07) is 0. The molecule has 0 aromatic heterocycles.